The van der Waals surface area contributed by atoms with Gasteiger partial charge in [-0.15, -0.1) is 11.3 Å². The molecule has 26 heavy (non-hydrogen) atoms. The number of aromatic nitrogens is 1. The molecule has 0 spiro atoms. The molecule has 7 heteroatoms. The van der Waals surface area contributed by atoms with Crippen LogP contribution in [-0.4, -0.2) is 31.2 Å². The average Bonchev–Trinajstić information content (AvgIpc) is 2.96. The summed E-state index contributed by atoms with van der Waals surface area (Å²) in [6, 6.07) is 5.90. The average molecular weight is 377 g/mol. The van der Waals surface area contributed by atoms with E-state index in [0.717, 1.165) is 40.3 Å². The van der Waals surface area contributed by atoms with E-state index >= 15 is 0 Å². The SMILES string of the molecule is CCNC(=NCc1ccc(OCC)c(OC)c1)NCc1nc(C)c(C)s1. The van der Waals surface area contributed by atoms with Crippen molar-refractivity contribution in [3.05, 3.63) is 39.3 Å². The molecule has 0 aliphatic rings. The number of rotatable bonds is 8. The van der Waals surface area contributed by atoms with Crippen molar-refractivity contribution in [2.24, 2.45) is 4.99 Å². The van der Waals surface area contributed by atoms with Crippen LogP contribution in [0.15, 0.2) is 23.2 Å². The van der Waals surface area contributed by atoms with Crippen LogP contribution < -0.4 is 20.1 Å². The quantitative estimate of drug-likeness (QED) is 0.546. The van der Waals surface area contributed by atoms with Gasteiger partial charge in [0.05, 0.1) is 32.5 Å². The van der Waals surface area contributed by atoms with Gasteiger partial charge in [-0.2, -0.15) is 0 Å². The van der Waals surface area contributed by atoms with Gasteiger partial charge < -0.3 is 20.1 Å². The number of thiazole rings is 1. The van der Waals surface area contributed by atoms with Crippen LogP contribution >= 0.6 is 11.3 Å². The fourth-order valence-corrected chi connectivity index (χ4v) is 3.25. The summed E-state index contributed by atoms with van der Waals surface area (Å²) in [5.74, 6) is 2.25. The second-order valence-electron chi connectivity index (χ2n) is 5.72. The Bertz CT molecular complexity index is 724. The summed E-state index contributed by atoms with van der Waals surface area (Å²) >= 11 is 1.71. The molecule has 1 heterocycles. The smallest absolute Gasteiger partial charge is 0.191 e. The topological polar surface area (TPSA) is 67.8 Å². The largest absolute Gasteiger partial charge is 0.493 e. The van der Waals surface area contributed by atoms with Crippen molar-refractivity contribution in [1.82, 2.24) is 15.6 Å². The second-order valence-corrected chi connectivity index (χ2v) is 7.00. The van der Waals surface area contributed by atoms with E-state index in [9.17, 15) is 0 Å². The molecule has 0 radical (unpaired) electrons. The summed E-state index contributed by atoms with van der Waals surface area (Å²) < 4.78 is 11.0. The van der Waals surface area contributed by atoms with E-state index < -0.39 is 0 Å². The van der Waals surface area contributed by atoms with Gasteiger partial charge in [0.25, 0.3) is 0 Å². The van der Waals surface area contributed by atoms with Gasteiger partial charge >= 0.3 is 0 Å². The number of hydrogen-bond acceptors (Lipinski definition) is 5. The lowest BCUT2D eigenvalue weighted by Crippen LogP contribution is -2.36. The number of nitrogens with one attached hydrogen (secondary N) is 2. The molecule has 1 aromatic heterocycles. The Balaban J connectivity index is 2.03. The van der Waals surface area contributed by atoms with Crippen LogP contribution in [0.4, 0.5) is 0 Å². The molecule has 0 fully saturated rings. The van der Waals surface area contributed by atoms with Gasteiger partial charge in [-0.05, 0) is 45.4 Å². The number of guanidine groups is 1. The first-order valence-corrected chi connectivity index (χ1v) is 9.63. The van der Waals surface area contributed by atoms with Crippen molar-refractivity contribution in [1.29, 1.82) is 0 Å². The first-order chi connectivity index (χ1) is 12.6. The molecule has 2 rings (SSSR count). The van der Waals surface area contributed by atoms with Crippen molar-refractivity contribution in [2.45, 2.75) is 40.8 Å². The van der Waals surface area contributed by atoms with E-state index in [0.29, 0.717) is 19.7 Å². The number of hydrogen-bond donors (Lipinski definition) is 2. The number of methoxy groups -OCH3 is 1. The van der Waals surface area contributed by atoms with Crippen molar-refractivity contribution in [2.75, 3.05) is 20.3 Å². The van der Waals surface area contributed by atoms with Gasteiger partial charge in [0.1, 0.15) is 5.01 Å². The van der Waals surface area contributed by atoms with E-state index in [2.05, 4.69) is 34.5 Å². The Hall–Kier alpha value is -2.28. The van der Waals surface area contributed by atoms with Crippen LogP contribution in [0.3, 0.4) is 0 Å². The van der Waals surface area contributed by atoms with Crippen LogP contribution in [0.25, 0.3) is 0 Å². The maximum Gasteiger partial charge on any atom is 0.191 e. The van der Waals surface area contributed by atoms with E-state index in [4.69, 9.17) is 9.47 Å². The number of nitrogens with zero attached hydrogens (tertiary/aromatic N) is 2. The minimum absolute atomic E-state index is 0.550. The molecule has 2 aromatic rings. The van der Waals surface area contributed by atoms with E-state index in [1.807, 2.05) is 32.0 Å². The van der Waals surface area contributed by atoms with Gasteiger partial charge in [0.15, 0.2) is 17.5 Å². The minimum Gasteiger partial charge on any atom is -0.493 e. The zero-order valence-electron chi connectivity index (χ0n) is 16.2. The molecule has 0 saturated heterocycles. The molecular weight excluding hydrogens is 348 g/mol. The van der Waals surface area contributed by atoms with Crippen LogP contribution in [-0.2, 0) is 13.1 Å². The first kappa shape index (κ1) is 20.0. The van der Waals surface area contributed by atoms with E-state index in [1.54, 1.807) is 18.4 Å². The lowest BCUT2D eigenvalue weighted by molar-refractivity contribution is 0.310. The third-order valence-corrected chi connectivity index (χ3v) is 4.84. The van der Waals surface area contributed by atoms with Crippen LogP contribution in [0, 0.1) is 13.8 Å². The summed E-state index contributed by atoms with van der Waals surface area (Å²) in [4.78, 5) is 10.5. The predicted octanol–water partition coefficient (Wildman–Crippen LogP) is 3.42. The Morgan fingerprint density at radius 2 is 2.00 bits per heavy atom. The van der Waals surface area contributed by atoms with Gasteiger partial charge in [0, 0.05) is 11.4 Å². The highest BCUT2D eigenvalue weighted by molar-refractivity contribution is 7.11. The van der Waals surface area contributed by atoms with Gasteiger partial charge in [-0.3, -0.25) is 0 Å². The first-order valence-electron chi connectivity index (χ1n) is 8.82. The molecule has 0 amide bonds. The Morgan fingerprint density at radius 1 is 1.19 bits per heavy atom. The highest BCUT2D eigenvalue weighted by Gasteiger charge is 2.07. The summed E-state index contributed by atoms with van der Waals surface area (Å²) in [5, 5.41) is 7.67. The molecule has 0 saturated carbocycles. The van der Waals surface area contributed by atoms with Crippen LogP contribution in [0.1, 0.15) is 35.0 Å². The van der Waals surface area contributed by atoms with Crippen LogP contribution in [0.2, 0.25) is 0 Å². The maximum absolute atomic E-state index is 5.55. The van der Waals surface area contributed by atoms with Crippen LogP contribution in [0.5, 0.6) is 11.5 Å². The molecular formula is C19H28N4O2S. The third-order valence-electron chi connectivity index (χ3n) is 3.77. The van der Waals surface area contributed by atoms with Crippen molar-refractivity contribution in [3.8, 4) is 11.5 Å². The molecule has 2 N–H and O–H groups in total. The maximum atomic E-state index is 5.55. The van der Waals surface area contributed by atoms with Gasteiger partial charge in [-0.1, -0.05) is 6.07 Å². The number of ether oxygens (including phenoxy) is 2. The molecule has 0 aliphatic heterocycles. The predicted molar refractivity (Wildman–Crippen MR) is 107 cm³/mol. The molecule has 0 aliphatic carbocycles. The summed E-state index contributed by atoms with van der Waals surface area (Å²) in [5.41, 5.74) is 2.15. The fourth-order valence-electron chi connectivity index (χ4n) is 2.37. The van der Waals surface area contributed by atoms with Gasteiger partial charge in [0.2, 0.25) is 0 Å². The molecule has 142 valence electrons. The van der Waals surface area contributed by atoms with Crippen molar-refractivity contribution in [3.63, 3.8) is 0 Å². The monoisotopic (exact) mass is 376 g/mol. The Labute approximate surface area is 159 Å². The fraction of sp³-hybridized carbons (Fsp3) is 0.474. The molecule has 6 nitrogen and oxygen atoms in total. The molecule has 0 atom stereocenters. The number of benzene rings is 1. The highest BCUT2D eigenvalue weighted by Crippen LogP contribution is 2.28. The lowest BCUT2D eigenvalue weighted by Gasteiger charge is -2.12. The van der Waals surface area contributed by atoms with Gasteiger partial charge in [-0.25, -0.2) is 9.98 Å². The minimum atomic E-state index is 0.550. The summed E-state index contributed by atoms with van der Waals surface area (Å²) in [6.07, 6.45) is 0. The van der Waals surface area contributed by atoms with E-state index in [-0.39, 0.29) is 0 Å². The number of aryl methyl sites for hydroxylation is 2. The normalized spacial score (nSPS) is 11.3. The zero-order chi connectivity index (χ0) is 18.9. The lowest BCUT2D eigenvalue weighted by atomic mass is 10.2. The van der Waals surface area contributed by atoms with E-state index in [1.165, 1.54) is 4.88 Å². The molecule has 0 unspecified atom stereocenters. The van der Waals surface area contributed by atoms with Crippen molar-refractivity contribution < 1.29 is 9.47 Å². The van der Waals surface area contributed by atoms with Crippen molar-refractivity contribution >= 4 is 17.3 Å². The Kier molecular flexibility index (Phi) is 7.72. The molecule has 1 aromatic carbocycles. The standard InChI is InChI=1S/C19H28N4O2S/c1-6-20-19(22-12-18-23-13(3)14(4)26-18)21-11-15-8-9-16(25-7-2)17(10-15)24-5/h8-10H,6-7,11-12H2,1-5H3,(H2,20,21,22). The zero-order valence-corrected chi connectivity index (χ0v) is 17.0. The summed E-state index contributed by atoms with van der Waals surface area (Å²) in [7, 11) is 1.65. The second kappa shape index (κ2) is 10.0. The highest BCUT2D eigenvalue weighted by atomic mass is 32.1. The number of aliphatic imine (C=N–C) groups is 1. The molecule has 0 bridgehead atoms. The summed E-state index contributed by atoms with van der Waals surface area (Å²) in [6.45, 7) is 10.8. The Morgan fingerprint density at radius 3 is 2.62 bits per heavy atom. The third kappa shape index (κ3) is 5.62.